The SMILES string of the molecule is COCCOC1=CC2CN(C(=O)c3cc(C(C)C)c(O)cc3O)CC2C=C1. The molecule has 1 amide bonds. The number of ether oxygens (including phenoxy) is 2. The minimum absolute atomic E-state index is 0.0119. The molecular formula is C21H27NO5. The molecule has 1 fully saturated rings. The number of aromatic hydroxyl groups is 2. The number of allylic oxidation sites excluding steroid dienone is 1. The Morgan fingerprint density at radius 2 is 1.93 bits per heavy atom. The van der Waals surface area contributed by atoms with E-state index >= 15 is 0 Å². The summed E-state index contributed by atoms with van der Waals surface area (Å²) < 4.78 is 10.7. The van der Waals surface area contributed by atoms with E-state index in [1.165, 1.54) is 6.07 Å². The fourth-order valence-electron chi connectivity index (χ4n) is 3.62. The van der Waals surface area contributed by atoms with E-state index in [-0.39, 0.29) is 40.7 Å². The van der Waals surface area contributed by atoms with Gasteiger partial charge in [0.2, 0.25) is 0 Å². The van der Waals surface area contributed by atoms with Crippen molar-refractivity contribution in [3.8, 4) is 11.5 Å². The lowest BCUT2D eigenvalue weighted by molar-refractivity contribution is 0.0783. The molecule has 0 saturated carbocycles. The van der Waals surface area contributed by atoms with Gasteiger partial charge >= 0.3 is 0 Å². The van der Waals surface area contributed by atoms with Crippen LogP contribution in [0.2, 0.25) is 0 Å². The van der Waals surface area contributed by atoms with Gasteiger partial charge in [0.05, 0.1) is 12.2 Å². The van der Waals surface area contributed by atoms with Crippen LogP contribution < -0.4 is 0 Å². The van der Waals surface area contributed by atoms with E-state index in [0.717, 1.165) is 5.76 Å². The summed E-state index contributed by atoms with van der Waals surface area (Å²) in [5.41, 5.74) is 0.890. The summed E-state index contributed by atoms with van der Waals surface area (Å²) in [6.45, 7) is 6.06. The molecule has 2 unspecified atom stereocenters. The molecule has 0 radical (unpaired) electrons. The zero-order valence-corrected chi connectivity index (χ0v) is 16.0. The Kier molecular flexibility index (Phi) is 5.75. The molecule has 1 aliphatic carbocycles. The van der Waals surface area contributed by atoms with Crippen LogP contribution in [0.3, 0.4) is 0 Å². The van der Waals surface area contributed by atoms with Gasteiger partial charge in [0.25, 0.3) is 5.91 Å². The lowest BCUT2D eigenvalue weighted by Crippen LogP contribution is -2.29. The first-order valence-electron chi connectivity index (χ1n) is 9.27. The highest BCUT2D eigenvalue weighted by Crippen LogP contribution is 2.36. The third kappa shape index (κ3) is 4.11. The number of nitrogens with zero attached hydrogens (tertiary/aromatic N) is 1. The number of amides is 1. The number of methoxy groups -OCH3 is 1. The van der Waals surface area contributed by atoms with Gasteiger partial charge in [-0.15, -0.1) is 0 Å². The van der Waals surface area contributed by atoms with Crippen molar-refractivity contribution in [2.45, 2.75) is 19.8 Å². The van der Waals surface area contributed by atoms with Crippen LogP contribution in [-0.4, -0.2) is 54.4 Å². The van der Waals surface area contributed by atoms with Crippen LogP contribution in [-0.2, 0) is 9.47 Å². The number of phenolic OH excluding ortho intramolecular Hbond substituents is 2. The molecule has 1 heterocycles. The van der Waals surface area contributed by atoms with Crippen molar-refractivity contribution in [3.63, 3.8) is 0 Å². The van der Waals surface area contributed by atoms with Crippen molar-refractivity contribution in [2.75, 3.05) is 33.4 Å². The molecule has 2 atom stereocenters. The Labute approximate surface area is 159 Å². The summed E-state index contributed by atoms with van der Waals surface area (Å²) in [4.78, 5) is 14.7. The lowest BCUT2D eigenvalue weighted by Gasteiger charge is -2.18. The van der Waals surface area contributed by atoms with Crippen LogP contribution in [0.15, 0.2) is 36.1 Å². The molecule has 0 bridgehead atoms. The molecule has 6 nitrogen and oxygen atoms in total. The molecule has 0 aromatic heterocycles. The Morgan fingerprint density at radius 1 is 1.19 bits per heavy atom. The topological polar surface area (TPSA) is 79.2 Å². The van der Waals surface area contributed by atoms with Crippen LogP contribution in [0.25, 0.3) is 0 Å². The van der Waals surface area contributed by atoms with Gasteiger partial charge in [0, 0.05) is 38.1 Å². The summed E-state index contributed by atoms with van der Waals surface area (Å²) in [6.07, 6.45) is 6.08. The summed E-state index contributed by atoms with van der Waals surface area (Å²) in [6, 6.07) is 2.86. The highest BCUT2D eigenvalue weighted by atomic mass is 16.5. The molecule has 27 heavy (non-hydrogen) atoms. The lowest BCUT2D eigenvalue weighted by atomic mass is 9.91. The standard InChI is InChI=1S/C21H27NO5/c1-13(2)17-9-18(20(24)10-19(17)23)21(25)22-11-14-4-5-16(8-15(14)12-22)27-7-6-26-3/h4-5,8-10,13-15,23-24H,6-7,11-12H2,1-3H3. The number of benzene rings is 1. The van der Waals surface area contributed by atoms with Gasteiger partial charge in [-0.25, -0.2) is 0 Å². The highest BCUT2D eigenvalue weighted by molar-refractivity contribution is 5.97. The maximum Gasteiger partial charge on any atom is 0.257 e. The van der Waals surface area contributed by atoms with Crippen molar-refractivity contribution in [3.05, 3.63) is 47.2 Å². The Balaban J connectivity index is 1.73. The minimum atomic E-state index is -0.215. The van der Waals surface area contributed by atoms with Crippen LogP contribution in [0, 0.1) is 11.8 Å². The third-order valence-corrected chi connectivity index (χ3v) is 5.14. The molecule has 3 rings (SSSR count). The molecule has 2 aliphatic rings. The molecular weight excluding hydrogens is 346 g/mol. The monoisotopic (exact) mass is 373 g/mol. The molecule has 6 heteroatoms. The quantitative estimate of drug-likeness (QED) is 0.750. The van der Waals surface area contributed by atoms with E-state index in [9.17, 15) is 15.0 Å². The average Bonchev–Trinajstić information content (AvgIpc) is 3.04. The van der Waals surface area contributed by atoms with E-state index in [1.807, 2.05) is 19.9 Å². The number of carbonyl (C=O) groups is 1. The number of rotatable bonds is 6. The fraction of sp³-hybridized carbons (Fsp3) is 0.476. The van der Waals surface area contributed by atoms with Crippen LogP contribution in [0.1, 0.15) is 35.7 Å². The van der Waals surface area contributed by atoms with Crippen molar-refractivity contribution in [2.24, 2.45) is 11.8 Å². The minimum Gasteiger partial charge on any atom is -0.508 e. The van der Waals surface area contributed by atoms with Crippen molar-refractivity contribution in [1.29, 1.82) is 0 Å². The van der Waals surface area contributed by atoms with E-state index in [2.05, 4.69) is 12.2 Å². The van der Waals surface area contributed by atoms with E-state index in [4.69, 9.17) is 9.47 Å². The number of hydrogen-bond donors (Lipinski definition) is 2. The summed E-state index contributed by atoms with van der Waals surface area (Å²) in [5.74, 6) is 0.901. The smallest absolute Gasteiger partial charge is 0.257 e. The zero-order chi connectivity index (χ0) is 19.6. The Bertz CT molecular complexity index is 768. The summed E-state index contributed by atoms with van der Waals surface area (Å²) >= 11 is 0. The molecule has 1 aliphatic heterocycles. The highest BCUT2D eigenvalue weighted by Gasteiger charge is 2.35. The van der Waals surface area contributed by atoms with Crippen LogP contribution in [0.4, 0.5) is 0 Å². The van der Waals surface area contributed by atoms with Gasteiger partial charge in [-0.3, -0.25) is 4.79 Å². The Hall–Kier alpha value is -2.47. The first kappa shape index (κ1) is 19.3. The first-order chi connectivity index (χ1) is 12.9. The van der Waals surface area contributed by atoms with Gasteiger partial charge in [0.1, 0.15) is 23.9 Å². The average molecular weight is 373 g/mol. The van der Waals surface area contributed by atoms with Gasteiger partial charge in [-0.2, -0.15) is 0 Å². The predicted molar refractivity (Wildman–Crippen MR) is 102 cm³/mol. The van der Waals surface area contributed by atoms with Crippen molar-refractivity contribution < 1.29 is 24.5 Å². The van der Waals surface area contributed by atoms with Crippen LogP contribution >= 0.6 is 0 Å². The molecule has 146 valence electrons. The van der Waals surface area contributed by atoms with Gasteiger partial charge in [0.15, 0.2) is 0 Å². The van der Waals surface area contributed by atoms with Crippen molar-refractivity contribution in [1.82, 2.24) is 4.90 Å². The third-order valence-electron chi connectivity index (χ3n) is 5.14. The second kappa shape index (κ2) is 8.05. The maximum atomic E-state index is 13.0. The number of hydrogen-bond acceptors (Lipinski definition) is 5. The normalized spacial score (nSPS) is 21.3. The van der Waals surface area contributed by atoms with Gasteiger partial charge in [-0.05, 0) is 29.7 Å². The fourth-order valence-corrected chi connectivity index (χ4v) is 3.62. The van der Waals surface area contributed by atoms with E-state index in [0.29, 0.717) is 31.9 Å². The number of fused-ring (bicyclic) bond motifs is 1. The second-order valence-corrected chi connectivity index (χ2v) is 7.39. The van der Waals surface area contributed by atoms with Crippen molar-refractivity contribution >= 4 is 5.91 Å². The molecule has 1 aromatic carbocycles. The maximum absolute atomic E-state index is 13.0. The largest absolute Gasteiger partial charge is 0.508 e. The van der Waals surface area contributed by atoms with Gasteiger partial charge in [-0.1, -0.05) is 19.9 Å². The summed E-state index contributed by atoms with van der Waals surface area (Å²) in [7, 11) is 1.63. The molecule has 1 aromatic rings. The van der Waals surface area contributed by atoms with Crippen LogP contribution in [0.5, 0.6) is 11.5 Å². The molecule has 2 N–H and O–H groups in total. The van der Waals surface area contributed by atoms with Gasteiger partial charge < -0.3 is 24.6 Å². The predicted octanol–water partition coefficient (Wildman–Crippen LogP) is 3.03. The number of carbonyl (C=O) groups excluding carboxylic acids is 1. The van der Waals surface area contributed by atoms with E-state index < -0.39 is 0 Å². The first-order valence-corrected chi connectivity index (χ1v) is 9.27. The zero-order valence-electron chi connectivity index (χ0n) is 16.0. The summed E-state index contributed by atoms with van der Waals surface area (Å²) in [5, 5.41) is 20.2. The number of likely N-dealkylation sites (tertiary alicyclic amines) is 1. The van der Waals surface area contributed by atoms with E-state index in [1.54, 1.807) is 18.1 Å². The second-order valence-electron chi connectivity index (χ2n) is 7.39. The Morgan fingerprint density at radius 3 is 2.63 bits per heavy atom. The molecule has 0 spiro atoms. The number of phenols is 2. The molecule has 1 saturated heterocycles.